The number of hydrogen-bond donors (Lipinski definition) is 1. The second-order valence-corrected chi connectivity index (χ2v) is 6.77. The van der Waals surface area contributed by atoms with Crippen molar-refractivity contribution in [3.63, 3.8) is 0 Å². The minimum atomic E-state index is 0.0953. The molecule has 0 fully saturated rings. The van der Waals surface area contributed by atoms with Gasteiger partial charge in [-0.05, 0) is 18.1 Å². The highest BCUT2D eigenvalue weighted by atomic mass is 15.1. The maximum Gasteiger partial charge on any atom is 0.0687 e. The Hall–Kier alpha value is -2.22. The molecule has 1 unspecified atom stereocenters. The summed E-state index contributed by atoms with van der Waals surface area (Å²) in [7, 11) is 0. The summed E-state index contributed by atoms with van der Waals surface area (Å²) >= 11 is 0. The first-order chi connectivity index (χ1) is 10.2. The van der Waals surface area contributed by atoms with Crippen LogP contribution in [0.2, 0.25) is 0 Å². The lowest BCUT2D eigenvalue weighted by molar-refractivity contribution is 0.585. The van der Waals surface area contributed by atoms with Crippen LogP contribution in [0.15, 0.2) is 54.3 Å². The van der Waals surface area contributed by atoms with Crippen molar-refractivity contribution < 1.29 is 0 Å². The average molecular weight is 274 g/mol. The normalized spacial score (nSPS) is 22.6. The van der Waals surface area contributed by atoms with E-state index < -0.39 is 0 Å². The molecule has 0 amide bonds. The minimum absolute atomic E-state index is 0.0953. The summed E-state index contributed by atoms with van der Waals surface area (Å²) in [6.07, 6.45) is 10.3. The lowest BCUT2D eigenvalue weighted by Gasteiger charge is -2.24. The van der Waals surface area contributed by atoms with Gasteiger partial charge in [0.1, 0.15) is 0 Å². The van der Waals surface area contributed by atoms with E-state index in [2.05, 4.69) is 72.1 Å². The monoisotopic (exact) mass is 274 g/mol. The Labute approximate surface area is 123 Å². The van der Waals surface area contributed by atoms with Gasteiger partial charge in [-0.25, -0.2) is 0 Å². The molecule has 2 aromatic heterocycles. The molecule has 1 aromatic carbocycles. The van der Waals surface area contributed by atoms with Crippen LogP contribution >= 0.6 is 0 Å². The third-order valence-corrected chi connectivity index (χ3v) is 5.29. The van der Waals surface area contributed by atoms with Crippen LogP contribution in [-0.2, 0) is 5.41 Å². The number of benzene rings is 1. The Morgan fingerprint density at radius 2 is 2.05 bits per heavy atom. The van der Waals surface area contributed by atoms with Crippen molar-refractivity contribution in [2.75, 3.05) is 0 Å². The first-order valence-electron chi connectivity index (χ1n) is 7.67. The summed E-state index contributed by atoms with van der Waals surface area (Å²) in [6.45, 7) is 4.71. The molecule has 3 heterocycles. The lowest BCUT2D eigenvalue weighted by atomic mass is 9.78. The van der Waals surface area contributed by atoms with Gasteiger partial charge in [-0.2, -0.15) is 0 Å². The molecule has 0 spiro atoms. The number of H-pyrrole nitrogens is 1. The summed E-state index contributed by atoms with van der Waals surface area (Å²) < 4.78 is 2.50. The average Bonchev–Trinajstić information content (AvgIpc) is 3.08. The Bertz CT molecular complexity index is 947. The maximum absolute atomic E-state index is 3.66. The fraction of sp³-hybridized carbons (Fsp3) is 0.263. The van der Waals surface area contributed by atoms with Crippen molar-refractivity contribution >= 4 is 21.8 Å². The number of aromatic amines is 1. The highest BCUT2D eigenvalue weighted by Gasteiger charge is 2.43. The molecular weight excluding hydrogens is 256 g/mol. The fourth-order valence-corrected chi connectivity index (χ4v) is 4.34. The van der Waals surface area contributed by atoms with Gasteiger partial charge in [0.05, 0.1) is 17.3 Å². The summed E-state index contributed by atoms with van der Waals surface area (Å²) in [6, 6.07) is 9.11. The number of nitrogens with zero attached hydrogens (tertiary/aromatic N) is 1. The molecule has 2 heteroatoms. The van der Waals surface area contributed by atoms with Crippen LogP contribution < -0.4 is 0 Å². The lowest BCUT2D eigenvalue weighted by Crippen LogP contribution is -2.17. The Kier molecular flexibility index (Phi) is 1.91. The van der Waals surface area contributed by atoms with Gasteiger partial charge < -0.3 is 9.55 Å². The van der Waals surface area contributed by atoms with E-state index in [4.69, 9.17) is 0 Å². The van der Waals surface area contributed by atoms with E-state index in [1.165, 1.54) is 27.5 Å². The molecule has 2 aliphatic rings. The van der Waals surface area contributed by atoms with Gasteiger partial charge in [0.2, 0.25) is 0 Å². The first kappa shape index (κ1) is 11.4. The van der Waals surface area contributed by atoms with Crippen LogP contribution in [0.4, 0.5) is 0 Å². The van der Waals surface area contributed by atoms with Gasteiger partial charge in [0, 0.05) is 27.9 Å². The van der Waals surface area contributed by atoms with Gasteiger partial charge in [-0.15, -0.1) is 0 Å². The molecular formula is C19H18N2. The molecule has 0 bridgehead atoms. The first-order valence-corrected chi connectivity index (χ1v) is 7.67. The van der Waals surface area contributed by atoms with Gasteiger partial charge in [0.25, 0.3) is 0 Å². The zero-order valence-corrected chi connectivity index (χ0v) is 12.4. The van der Waals surface area contributed by atoms with E-state index >= 15 is 0 Å². The van der Waals surface area contributed by atoms with Crippen LogP contribution in [0, 0.1) is 0 Å². The van der Waals surface area contributed by atoms with Gasteiger partial charge in [0.15, 0.2) is 0 Å². The molecule has 104 valence electrons. The van der Waals surface area contributed by atoms with Crippen LogP contribution in [-0.4, -0.2) is 9.55 Å². The number of para-hydroxylation sites is 1. The largest absolute Gasteiger partial charge is 0.353 e. The van der Waals surface area contributed by atoms with Crippen LogP contribution in [0.1, 0.15) is 32.0 Å². The highest BCUT2D eigenvalue weighted by Crippen LogP contribution is 2.52. The van der Waals surface area contributed by atoms with Crippen molar-refractivity contribution in [1.82, 2.24) is 9.55 Å². The molecule has 5 rings (SSSR count). The third-order valence-electron chi connectivity index (χ3n) is 5.29. The van der Waals surface area contributed by atoms with Gasteiger partial charge >= 0.3 is 0 Å². The zero-order chi connectivity index (χ0) is 14.2. The molecule has 0 radical (unpaired) electrons. The molecule has 1 aliphatic carbocycles. The summed E-state index contributed by atoms with van der Waals surface area (Å²) in [5.74, 6) is 0. The molecule has 3 aromatic rings. The number of rotatable bonds is 0. The van der Waals surface area contributed by atoms with Crippen molar-refractivity contribution in [2.45, 2.75) is 31.7 Å². The van der Waals surface area contributed by atoms with E-state index in [1.807, 2.05) is 0 Å². The summed E-state index contributed by atoms with van der Waals surface area (Å²) in [5.41, 5.74) is 5.63. The van der Waals surface area contributed by atoms with E-state index in [0.29, 0.717) is 6.04 Å². The minimum Gasteiger partial charge on any atom is -0.353 e. The van der Waals surface area contributed by atoms with Crippen LogP contribution in [0.3, 0.4) is 0 Å². The molecule has 1 N–H and O–H groups in total. The number of fused-ring (bicyclic) bond motifs is 7. The predicted octanol–water partition coefficient (Wildman–Crippen LogP) is 4.84. The van der Waals surface area contributed by atoms with E-state index in [1.54, 1.807) is 5.57 Å². The number of hydrogen-bond acceptors (Lipinski definition) is 0. The fourth-order valence-electron chi connectivity index (χ4n) is 4.34. The number of allylic oxidation sites excluding steroid dienone is 4. The Morgan fingerprint density at radius 1 is 1.19 bits per heavy atom. The number of aromatic nitrogens is 2. The quantitative estimate of drug-likeness (QED) is 0.605. The number of nitrogens with one attached hydrogen (secondary N) is 1. The smallest absolute Gasteiger partial charge is 0.0687 e. The van der Waals surface area contributed by atoms with Crippen molar-refractivity contribution in [3.8, 4) is 0 Å². The van der Waals surface area contributed by atoms with E-state index in [-0.39, 0.29) is 5.41 Å². The molecule has 21 heavy (non-hydrogen) atoms. The van der Waals surface area contributed by atoms with Crippen molar-refractivity contribution in [1.29, 1.82) is 0 Å². The standard InChI is InChI=1S/C19H18N2/c1-19(2)14-8-4-6-10-16(14)21-11-13-12-7-3-5-9-15(12)20-17(13)18(19)21/h3-9,11,16,20H,10H2,1-2H3. The maximum atomic E-state index is 3.66. The molecule has 0 saturated heterocycles. The van der Waals surface area contributed by atoms with Crippen molar-refractivity contribution in [3.05, 3.63) is 60.0 Å². The third kappa shape index (κ3) is 1.24. The Balaban J connectivity index is 1.91. The van der Waals surface area contributed by atoms with Crippen LogP contribution in [0.25, 0.3) is 21.8 Å². The topological polar surface area (TPSA) is 20.7 Å². The SMILES string of the molecule is CC1(C)C2=CC=CCC2n2cc3c([nH]c4ccccc43)c21. The summed E-state index contributed by atoms with van der Waals surface area (Å²) in [4.78, 5) is 3.66. The molecule has 0 saturated carbocycles. The van der Waals surface area contributed by atoms with Crippen LogP contribution in [0.5, 0.6) is 0 Å². The van der Waals surface area contributed by atoms with E-state index in [9.17, 15) is 0 Å². The second-order valence-electron chi connectivity index (χ2n) is 6.77. The van der Waals surface area contributed by atoms with E-state index in [0.717, 1.165) is 6.42 Å². The molecule has 2 nitrogen and oxygen atoms in total. The highest BCUT2D eigenvalue weighted by molar-refractivity contribution is 6.08. The summed E-state index contributed by atoms with van der Waals surface area (Å²) in [5, 5.41) is 2.70. The zero-order valence-electron chi connectivity index (χ0n) is 12.4. The Morgan fingerprint density at radius 3 is 2.95 bits per heavy atom. The van der Waals surface area contributed by atoms with Gasteiger partial charge in [-0.1, -0.05) is 50.3 Å². The predicted molar refractivity (Wildman–Crippen MR) is 87.7 cm³/mol. The molecule has 1 aliphatic heterocycles. The van der Waals surface area contributed by atoms with Gasteiger partial charge in [-0.3, -0.25) is 0 Å². The van der Waals surface area contributed by atoms with Crippen molar-refractivity contribution in [2.24, 2.45) is 0 Å². The molecule has 1 atom stereocenters. The second kappa shape index (κ2) is 3.51.